The standard InChI is InChI=1S/C9H17NO3S/c1-9(8(12)13,7(11)10-2)5-4-6-14-3/h4-6H2,1-3H3,(H,10,11)(H,12,13). The highest BCUT2D eigenvalue weighted by molar-refractivity contribution is 7.98. The van der Waals surface area contributed by atoms with Crippen LogP contribution in [0, 0.1) is 5.41 Å². The van der Waals surface area contributed by atoms with Crippen molar-refractivity contribution >= 4 is 23.6 Å². The van der Waals surface area contributed by atoms with Crippen molar-refractivity contribution in [3.63, 3.8) is 0 Å². The van der Waals surface area contributed by atoms with Crippen LogP contribution in [0.5, 0.6) is 0 Å². The molecule has 0 radical (unpaired) electrons. The Bertz CT molecular complexity index is 220. The van der Waals surface area contributed by atoms with Crippen molar-refractivity contribution in [1.82, 2.24) is 5.32 Å². The molecule has 1 atom stereocenters. The molecule has 0 aromatic heterocycles. The highest BCUT2D eigenvalue weighted by atomic mass is 32.2. The second-order valence-electron chi connectivity index (χ2n) is 3.31. The molecule has 4 nitrogen and oxygen atoms in total. The molecule has 0 fully saturated rings. The van der Waals surface area contributed by atoms with Gasteiger partial charge in [-0.05, 0) is 31.8 Å². The largest absolute Gasteiger partial charge is 0.480 e. The lowest BCUT2D eigenvalue weighted by atomic mass is 9.85. The van der Waals surface area contributed by atoms with E-state index in [1.807, 2.05) is 6.26 Å². The molecular formula is C9H17NO3S. The van der Waals surface area contributed by atoms with E-state index >= 15 is 0 Å². The summed E-state index contributed by atoms with van der Waals surface area (Å²) in [6.07, 6.45) is 3.07. The average Bonchev–Trinajstić information content (AvgIpc) is 2.16. The van der Waals surface area contributed by atoms with Crippen molar-refractivity contribution in [3.8, 4) is 0 Å². The van der Waals surface area contributed by atoms with Crippen molar-refractivity contribution in [2.45, 2.75) is 19.8 Å². The van der Waals surface area contributed by atoms with Gasteiger partial charge in [-0.15, -0.1) is 0 Å². The van der Waals surface area contributed by atoms with Gasteiger partial charge in [0, 0.05) is 7.05 Å². The number of thioether (sulfide) groups is 1. The molecule has 0 spiro atoms. The summed E-state index contributed by atoms with van der Waals surface area (Å²) in [6, 6.07) is 0. The van der Waals surface area contributed by atoms with Gasteiger partial charge in [0.25, 0.3) is 0 Å². The molecule has 1 unspecified atom stereocenters. The number of carbonyl (C=O) groups excluding carboxylic acids is 1. The number of hydrogen-bond donors (Lipinski definition) is 2. The summed E-state index contributed by atoms with van der Waals surface area (Å²) in [4.78, 5) is 22.3. The predicted molar refractivity (Wildman–Crippen MR) is 57.4 cm³/mol. The van der Waals surface area contributed by atoms with E-state index in [1.54, 1.807) is 11.8 Å². The van der Waals surface area contributed by atoms with Crippen LogP contribution < -0.4 is 5.32 Å². The number of rotatable bonds is 6. The smallest absolute Gasteiger partial charge is 0.318 e. The summed E-state index contributed by atoms with van der Waals surface area (Å²) in [6.45, 7) is 1.47. The van der Waals surface area contributed by atoms with Crippen molar-refractivity contribution in [1.29, 1.82) is 0 Å². The molecule has 82 valence electrons. The molecule has 0 rings (SSSR count). The number of nitrogens with one attached hydrogen (secondary N) is 1. The van der Waals surface area contributed by atoms with Crippen LogP contribution in [0.1, 0.15) is 19.8 Å². The van der Waals surface area contributed by atoms with Crippen molar-refractivity contribution in [2.75, 3.05) is 19.1 Å². The minimum atomic E-state index is -1.29. The summed E-state index contributed by atoms with van der Waals surface area (Å²) >= 11 is 1.65. The Morgan fingerprint density at radius 1 is 1.50 bits per heavy atom. The molecule has 0 aliphatic rings. The molecule has 0 saturated heterocycles. The van der Waals surface area contributed by atoms with Crippen LogP contribution in [0.25, 0.3) is 0 Å². The fourth-order valence-electron chi connectivity index (χ4n) is 1.16. The van der Waals surface area contributed by atoms with Gasteiger partial charge in [0.15, 0.2) is 0 Å². The number of carboxylic acids is 1. The molecule has 0 heterocycles. The Balaban J connectivity index is 4.40. The molecule has 5 heteroatoms. The Morgan fingerprint density at radius 3 is 2.43 bits per heavy atom. The maximum atomic E-state index is 11.4. The first-order chi connectivity index (χ1) is 6.49. The molecular weight excluding hydrogens is 202 g/mol. The zero-order valence-electron chi connectivity index (χ0n) is 8.79. The van der Waals surface area contributed by atoms with Gasteiger partial charge < -0.3 is 10.4 Å². The van der Waals surface area contributed by atoms with Crippen molar-refractivity contribution in [2.24, 2.45) is 5.41 Å². The van der Waals surface area contributed by atoms with E-state index in [4.69, 9.17) is 5.11 Å². The Morgan fingerprint density at radius 2 is 2.07 bits per heavy atom. The Labute approximate surface area is 88.4 Å². The number of carboxylic acid groups (broad SMARTS) is 1. The number of carbonyl (C=O) groups is 2. The molecule has 0 bridgehead atoms. The van der Waals surface area contributed by atoms with E-state index in [9.17, 15) is 9.59 Å². The second-order valence-corrected chi connectivity index (χ2v) is 4.30. The zero-order valence-corrected chi connectivity index (χ0v) is 9.61. The molecule has 0 aromatic carbocycles. The van der Waals surface area contributed by atoms with Crippen LogP contribution in [0.3, 0.4) is 0 Å². The predicted octanol–water partition coefficient (Wildman–Crippen LogP) is 0.967. The lowest BCUT2D eigenvalue weighted by Gasteiger charge is -2.22. The van der Waals surface area contributed by atoms with E-state index < -0.39 is 17.3 Å². The molecule has 1 amide bonds. The van der Waals surface area contributed by atoms with E-state index in [-0.39, 0.29) is 0 Å². The second kappa shape index (κ2) is 5.90. The Kier molecular flexibility index (Phi) is 5.60. The van der Waals surface area contributed by atoms with Gasteiger partial charge in [-0.1, -0.05) is 0 Å². The van der Waals surface area contributed by atoms with Gasteiger partial charge in [0.05, 0.1) is 0 Å². The normalized spacial score (nSPS) is 14.5. The maximum absolute atomic E-state index is 11.4. The molecule has 0 aliphatic carbocycles. The summed E-state index contributed by atoms with van der Waals surface area (Å²) in [5, 5.41) is 11.4. The minimum absolute atomic E-state index is 0.378. The quantitative estimate of drug-likeness (QED) is 0.516. The van der Waals surface area contributed by atoms with Gasteiger partial charge in [0.2, 0.25) is 5.91 Å². The molecule has 14 heavy (non-hydrogen) atoms. The van der Waals surface area contributed by atoms with Crippen molar-refractivity contribution < 1.29 is 14.7 Å². The van der Waals surface area contributed by atoms with Crippen LogP contribution >= 0.6 is 11.8 Å². The van der Waals surface area contributed by atoms with Gasteiger partial charge >= 0.3 is 5.97 Å². The van der Waals surface area contributed by atoms with Gasteiger partial charge in [0.1, 0.15) is 5.41 Å². The summed E-state index contributed by atoms with van der Waals surface area (Å²) in [7, 11) is 1.46. The van der Waals surface area contributed by atoms with Crippen LogP contribution in [-0.4, -0.2) is 36.0 Å². The summed E-state index contributed by atoms with van der Waals surface area (Å²) < 4.78 is 0. The van der Waals surface area contributed by atoms with Crippen LogP contribution in [-0.2, 0) is 9.59 Å². The summed E-state index contributed by atoms with van der Waals surface area (Å²) in [5.74, 6) is -0.607. The minimum Gasteiger partial charge on any atom is -0.480 e. The van der Waals surface area contributed by atoms with Crippen molar-refractivity contribution in [3.05, 3.63) is 0 Å². The first-order valence-electron chi connectivity index (χ1n) is 4.43. The van der Waals surface area contributed by atoms with E-state index in [0.29, 0.717) is 6.42 Å². The van der Waals surface area contributed by atoms with Crippen LogP contribution in [0.2, 0.25) is 0 Å². The number of aliphatic carboxylic acids is 1. The van der Waals surface area contributed by atoms with E-state index in [1.165, 1.54) is 14.0 Å². The zero-order chi connectivity index (χ0) is 11.2. The molecule has 0 saturated carbocycles. The lowest BCUT2D eigenvalue weighted by molar-refractivity contribution is -0.155. The third-order valence-electron chi connectivity index (χ3n) is 2.23. The summed E-state index contributed by atoms with van der Waals surface area (Å²) in [5.41, 5.74) is -1.29. The average molecular weight is 219 g/mol. The van der Waals surface area contributed by atoms with Gasteiger partial charge in [-0.2, -0.15) is 11.8 Å². The van der Waals surface area contributed by atoms with Crippen LogP contribution in [0.15, 0.2) is 0 Å². The monoisotopic (exact) mass is 219 g/mol. The lowest BCUT2D eigenvalue weighted by Crippen LogP contribution is -2.43. The molecule has 2 N–H and O–H groups in total. The fraction of sp³-hybridized carbons (Fsp3) is 0.778. The van der Waals surface area contributed by atoms with Gasteiger partial charge in [-0.3, -0.25) is 9.59 Å². The third kappa shape index (κ3) is 3.21. The van der Waals surface area contributed by atoms with Gasteiger partial charge in [-0.25, -0.2) is 0 Å². The molecule has 0 aromatic rings. The first kappa shape index (κ1) is 13.3. The number of hydrogen-bond acceptors (Lipinski definition) is 3. The van der Waals surface area contributed by atoms with E-state index in [2.05, 4.69) is 5.32 Å². The topological polar surface area (TPSA) is 66.4 Å². The third-order valence-corrected chi connectivity index (χ3v) is 2.92. The highest BCUT2D eigenvalue weighted by Gasteiger charge is 2.39. The highest BCUT2D eigenvalue weighted by Crippen LogP contribution is 2.24. The maximum Gasteiger partial charge on any atom is 0.318 e. The SMILES string of the molecule is CNC(=O)C(C)(CCCSC)C(=O)O. The van der Waals surface area contributed by atoms with E-state index in [0.717, 1.165) is 12.2 Å². The Hall–Kier alpha value is -0.710. The van der Waals surface area contributed by atoms with Crippen LogP contribution in [0.4, 0.5) is 0 Å². The first-order valence-corrected chi connectivity index (χ1v) is 5.83. The fourth-order valence-corrected chi connectivity index (χ4v) is 1.60. The molecule has 0 aliphatic heterocycles. The number of amides is 1.